The molecular weight excluding hydrogens is 529 g/mol. The lowest BCUT2D eigenvalue weighted by Crippen LogP contribution is -2.23. The summed E-state index contributed by atoms with van der Waals surface area (Å²) >= 11 is 0. The molecule has 204 valence electrons. The second kappa shape index (κ2) is 11.8. The van der Waals surface area contributed by atoms with Crippen LogP contribution in [0.2, 0.25) is 0 Å². The first-order valence-electron chi connectivity index (χ1n) is 11.3. The molecule has 0 aliphatic rings. The van der Waals surface area contributed by atoms with Crippen molar-refractivity contribution in [2.45, 2.75) is 20.0 Å². The number of nitrogens with one attached hydrogen (secondary N) is 3. The molecule has 1 heterocycles. The van der Waals surface area contributed by atoms with Gasteiger partial charge >= 0.3 is 6.18 Å². The molecule has 0 saturated carbocycles. The second-order valence-corrected chi connectivity index (χ2v) is 11.4. The minimum Gasteiger partial charge on any atom is -0.495 e. The molecule has 9 nitrogen and oxygen atoms in total. The number of halogens is 4. The number of methoxy groups -OCH3 is 1. The highest BCUT2D eigenvalue weighted by Crippen LogP contribution is 2.46. The molecule has 2 aromatic carbocycles. The lowest BCUT2D eigenvalue weighted by atomic mass is 10.1. The van der Waals surface area contributed by atoms with Crippen molar-refractivity contribution >= 4 is 41.5 Å². The Balaban J connectivity index is 2.06. The van der Waals surface area contributed by atoms with Crippen LogP contribution >= 0.6 is 7.14 Å². The van der Waals surface area contributed by atoms with Crippen molar-refractivity contribution in [1.29, 1.82) is 0 Å². The number of rotatable bonds is 10. The van der Waals surface area contributed by atoms with Crippen LogP contribution in [0, 0.1) is 5.82 Å². The minimum absolute atomic E-state index is 0.0113. The summed E-state index contributed by atoms with van der Waals surface area (Å²) in [5.74, 6) is -2.77. The Bertz CT molecular complexity index is 1360. The van der Waals surface area contributed by atoms with E-state index in [2.05, 4.69) is 25.4 Å². The SMILES string of the molecule is CCP(=O)(CC)c1ccccc1Nc1nc(Nc2cc(F)c(C(=O)NOC)cc2OC)ncc1C(F)(F)F. The minimum atomic E-state index is -4.81. The van der Waals surface area contributed by atoms with Gasteiger partial charge in [-0.05, 0) is 18.2 Å². The molecule has 3 rings (SSSR count). The summed E-state index contributed by atoms with van der Waals surface area (Å²) < 4.78 is 74.6. The molecule has 14 heteroatoms. The lowest BCUT2D eigenvalue weighted by molar-refractivity contribution is -0.137. The molecule has 3 N–H and O–H groups in total. The summed E-state index contributed by atoms with van der Waals surface area (Å²) in [6.07, 6.45) is -3.58. The Hall–Kier alpha value is -3.70. The summed E-state index contributed by atoms with van der Waals surface area (Å²) in [5.41, 5.74) is 0.596. The maximum atomic E-state index is 14.6. The number of amides is 1. The lowest BCUT2D eigenvalue weighted by Gasteiger charge is -2.21. The Morgan fingerprint density at radius 2 is 1.74 bits per heavy atom. The quantitative estimate of drug-likeness (QED) is 0.172. The average molecular weight is 555 g/mol. The van der Waals surface area contributed by atoms with Crippen molar-refractivity contribution in [2.75, 3.05) is 37.2 Å². The maximum absolute atomic E-state index is 14.6. The van der Waals surface area contributed by atoms with E-state index in [4.69, 9.17) is 4.74 Å². The zero-order chi connectivity index (χ0) is 28.1. The molecular formula is C24H26F4N5O4P. The van der Waals surface area contributed by atoms with Gasteiger partial charge in [0.15, 0.2) is 0 Å². The predicted molar refractivity (Wildman–Crippen MR) is 136 cm³/mol. The number of aromatic nitrogens is 2. The molecule has 0 aliphatic heterocycles. The number of carbonyl (C=O) groups is 1. The number of hydrogen-bond donors (Lipinski definition) is 3. The molecule has 0 unspecified atom stereocenters. The number of para-hydroxylation sites is 1. The number of ether oxygens (including phenoxy) is 1. The number of alkyl halides is 3. The Morgan fingerprint density at radius 1 is 1.05 bits per heavy atom. The third-order valence-corrected chi connectivity index (χ3v) is 9.00. The third kappa shape index (κ3) is 6.22. The predicted octanol–water partition coefficient (Wildman–Crippen LogP) is 5.45. The van der Waals surface area contributed by atoms with Gasteiger partial charge in [0.2, 0.25) is 5.95 Å². The van der Waals surface area contributed by atoms with E-state index in [1.54, 1.807) is 32.0 Å². The van der Waals surface area contributed by atoms with Crippen LogP contribution in [0.5, 0.6) is 5.75 Å². The maximum Gasteiger partial charge on any atom is 0.421 e. The first-order valence-corrected chi connectivity index (χ1v) is 13.4. The van der Waals surface area contributed by atoms with E-state index in [-0.39, 0.29) is 23.1 Å². The Labute approximate surface area is 216 Å². The smallest absolute Gasteiger partial charge is 0.421 e. The highest BCUT2D eigenvalue weighted by molar-refractivity contribution is 7.71. The fraction of sp³-hybridized carbons (Fsp3) is 0.292. The zero-order valence-electron chi connectivity index (χ0n) is 20.9. The largest absolute Gasteiger partial charge is 0.495 e. The van der Waals surface area contributed by atoms with Crippen molar-refractivity contribution in [3.05, 3.63) is 59.5 Å². The number of hydrogen-bond acceptors (Lipinski definition) is 8. The van der Waals surface area contributed by atoms with Gasteiger partial charge in [-0.2, -0.15) is 18.2 Å². The molecule has 0 spiro atoms. The van der Waals surface area contributed by atoms with Crippen LogP contribution in [0.15, 0.2) is 42.6 Å². The van der Waals surface area contributed by atoms with Gasteiger partial charge < -0.3 is 19.9 Å². The molecule has 1 amide bonds. The van der Waals surface area contributed by atoms with Gasteiger partial charge in [-0.15, -0.1) is 0 Å². The summed E-state index contributed by atoms with van der Waals surface area (Å²) in [7, 11) is -0.431. The first-order chi connectivity index (χ1) is 18.0. The monoisotopic (exact) mass is 555 g/mol. The Kier molecular flexibility index (Phi) is 8.95. The van der Waals surface area contributed by atoms with Gasteiger partial charge in [-0.1, -0.05) is 26.0 Å². The van der Waals surface area contributed by atoms with Crippen LogP contribution in [0.1, 0.15) is 29.8 Å². The van der Waals surface area contributed by atoms with E-state index >= 15 is 0 Å². The number of hydroxylamine groups is 1. The molecule has 0 radical (unpaired) electrons. The van der Waals surface area contributed by atoms with Crippen molar-refractivity contribution < 1.29 is 36.5 Å². The van der Waals surface area contributed by atoms with Crippen LogP contribution in [0.25, 0.3) is 0 Å². The van der Waals surface area contributed by atoms with E-state index in [9.17, 15) is 26.9 Å². The Morgan fingerprint density at radius 3 is 2.34 bits per heavy atom. The van der Waals surface area contributed by atoms with E-state index < -0.39 is 42.0 Å². The molecule has 3 aromatic rings. The van der Waals surface area contributed by atoms with E-state index in [0.29, 0.717) is 23.8 Å². The highest BCUT2D eigenvalue weighted by atomic mass is 31.2. The van der Waals surface area contributed by atoms with Gasteiger partial charge in [0.1, 0.15) is 30.1 Å². The summed E-state index contributed by atoms with van der Waals surface area (Å²) in [6, 6.07) is 8.38. The van der Waals surface area contributed by atoms with E-state index in [1.165, 1.54) is 20.3 Å². The van der Waals surface area contributed by atoms with Crippen molar-refractivity contribution in [3.8, 4) is 5.75 Å². The third-order valence-electron chi connectivity index (χ3n) is 5.69. The van der Waals surface area contributed by atoms with Crippen molar-refractivity contribution in [2.24, 2.45) is 0 Å². The average Bonchev–Trinajstić information content (AvgIpc) is 2.88. The van der Waals surface area contributed by atoms with Crippen LogP contribution in [0.4, 0.5) is 40.7 Å². The normalized spacial score (nSPS) is 11.7. The van der Waals surface area contributed by atoms with Gasteiger partial charge in [-0.25, -0.2) is 14.9 Å². The molecule has 0 fully saturated rings. The number of benzene rings is 2. The molecule has 0 atom stereocenters. The van der Waals surface area contributed by atoms with Crippen molar-refractivity contribution in [1.82, 2.24) is 15.4 Å². The van der Waals surface area contributed by atoms with Crippen molar-refractivity contribution in [3.63, 3.8) is 0 Å². The van der Waals surface area contributed by atoms with Gasteiger partial charge in [-0.3, -0.25) is 9.63 Å². The van der Waals surface area contributed by atoms with E-state index in [1.807, 2.05) is 5.48 Å². The summed E-state index contributed by atoms with van der Waals surface area (Å²) in [4.78, 5) is 24.2. The van der Waals surface area contributed by atoms with Crippen LogP contribution in [-0.2, 0) is 15.6 Å². The summed E-state index contributed by atoms with van der Waals surface area (Å²) in [5, 5.41) is 5.70. The van der Waals surface area contributed by atoms with Gasteiger partial charge in [0, 0.05) is 29.9 Å². The number of nitrogens with zero attached hydrogens (tertiary/aromatic N) is 2. The molecule has 0 bridgehead atoms. The molecule has 0 saturated heterocycles. The van der Waals surface area contributed by atoms with Crippen LogP contribution < -0.4 is 26.2 Å². The molecule has 1 aromatic heterocycles. The highest BCUT2D eigenvalue weighted by Gasteiger charge is 2.36. The molecule has 0 aliphatic carbocycles. The summed E-state index contributed by atoms with van der Waals surface area (Å²) in [6.45, 7) is 3.51. The van der Waals surface area contributed by atoms with Gasteiger partial charge in [0.05, 0.1) is 31.2 Å². The second-order valence-electron chi connectivity index (χ2n) is 7.91. The van der Waals surface area contributed by atoms with Crippen LogP contribution in [-0.4, -0.2) is 42.4 Å². The number of carbonyl (C=O) groups excluding carboxylic acids is 1. The van der Waals surface area contributed by atoms with Gasteiger partial charge in [0.25, 0.3) is 5.91 Å². The standard InChI is InChI=1S/C24H26F4N5O4P/c1-5-38(35,6-2)20-10-8-7-9-17(20)30-21-15(24(26,27)28)13-29-23(32-21)31-18-12-16(25)14(11-19(18)36-3)22(34)33-37-4/h7-13H,5-6H2,1-4H3,(H,33,34)(H2,29,30,31,32). The molecule has 38 heavy (non-hydrogen) atoms. The zero-order valence-corrected chi connectivity index (χ0v) is 21.8. The fourth-order valence-corrected chi connectivity index (χ4v) is 5.69. The van der Waals surface area contributed by atoms with Crippen LogP contribution in [0.3, 0.4) is 0 Å². The number of anilines is 4. The van der Waals surface area contributed by atoms with E-state index in [0.717, 1.165) is 12.1 Å². The fourth-order valence-electron chi connectivity index (χ4n) is 3.63. The topological polar surface area (TPSA) is 114 Å². The first kappa shape index (κ1) is 28.9.